The molecule has 1 fully saturated rings. The molecular formula is C11H22O3. The van der Waals surface area contributed by atoms with E-state index in [1.807, 2.05) is 6.92 Å². The van der Waals surface area contributed by atoms with Crippen LogP contribution in [0.25, 0.3) is 0 Å². The average molecular weight is 202 g/mol. The van der Waals surface area contributed by atoms with Crippen LogP contribution in [0.4, 0.5) is 0 Å². The van der Waals surface area contributed by atoms with Crippen LogP contribution < -0.4 is 0 Å². The summed E-state index contributed by atoms with van der Waals surface area (Å²) in [6.07, 6.45) is 2.54. The summed E-state index contributed by atoms with van der Waals surface area (Å²) in [6, 6.07) is 0. The molecule has 0 aliphatic carbocycles. The van der Waals surface area contributed by atoms with E-state index in [2.05, 4.69) is 13.8 Å². The number of unbranched alkanes of at least 4 members (excludes halogenated alkanes) is 1. The zero-order chi connectivity index (χ0) is 10.4. The summed E-state index contributed by atoms with van der Waals surface area (Å²) >= 11 is 0. The van der Waals surface area contributed by atoms with E-state index in [0.29, 0.717) is 19.8 Å². The van der Waals surface area contributed by atoms with Crippen molar-refractivity contribution in [1.29, 1.82) is 0 Å². The lowest BCUT2D eigenvalue weighted by atomic mass is 9.96. The van der Waals surface area contributed by atoms with Crippen LogP contribution in [0.5, 0.6) is 0 Å². The fraction of sp³-hybridized carbons (Fsp3) is 1.00. The third kappa shape index (κ3) is 3.23. The van der Waals surface area contributed by atoms with Gasteiger partial charge >= 0.3 is 0 Å². The molecule has 0 aromatic rings. The standard InChI is InChI=1S/C11H22O3/c1-4-5-6-12-7-8-14-11(3)9-13-10(11)2/h10H,4-9H2,1-3H3. The fourth-order valence-electron chi connectivity index (χ4n) is 1.33. The van der Waals surface area contributed by atoms with Gasteiger partial charge in [-0.1, -0.05) is 13.3 Å². The van der Waals surface area contributed by atoms with Gasteiger partial charge in [0.15, 0.2) is 0 Å². The van der Waals surface area contributed by atoms with Crippen molar-refractivity contribution in [1.82, 2.24) is 0 Å². The Bertz CT molecular complexity index is 161. The van der Waals surface area contributed by atoms with Crippen LogP contribution in [0.15, 0.2) is 0 Å². The van der Waals surface area contributed by atoms with Crippen LogP contribution in [0.3, 0.4) is 0 Å². The minimum atomic E-state index is -0.0753. The second kappa shape index (κ2) is 5.69. The van der Waals surface area contributed by atoms with Gasteiger partial charge < -0.3 is 14.2 Å². The molecule has 0 saturated carbocycles. The maximum Gasteiger partial charge on any atom is 0.114 e. The molecule has 0 amide bonds. The van der Waals surface area contributed by atoms with Gasteiger partial charge in [-0.25, -0.2) is 0 Å². The van der Waals surface area contributed by atoms with Crippen LogP contribution in [-0.4, -0.2) is 38.1 Å². The summed E-state index contributed by atoms with van der Waals surface area (Å²) in [4.78, 5) is 0. The molecule has 0 bridgehead atoms. The molecular weight excluding hydrogens is 180 g/mol. The first-order valence-electron chi connectivity index (χ1n) is 5.52. The quantitative estimate of drug-likeness (QED) is 0.591. The van der Waals surface area contributed by atoms with Gasteiger partial charge in [0, 0.05) is 6.61 Å². The molecule has 1 saturated heterocycles. The third-order valence-corrected chi connectivity index (χ3v) is 2.78. The highest BCUT2D eigenvalue weighted by molar-refractivity contribution is 4.90. The van der Waals surface area contributed by atoms with E-state index in [1.54, 1.807) is 0 Å². The average Bonchev–Trinajstić information content (AvgIpc) is 2.20. The molecule has 0 spiro atoms. The monoisotopic (exact) mass is 202 g/mol. The molecule has 1 aliphatic rings. The normalized spacial score (nSPS) is 31.5. The van der Waals surface area contributed by atoms with Crippen molar-refractivity contribution < 1.29 is 14.2 Å². The van der Waals surface area contributed by atoms with Crippen molar-refractivity contribution in [2.24, 2.45) is 0 Å². The molecule has 84 valence electrons. The minimum Gasteiger partial charge on any atom is -0.379 e. The third-order valence-electron chi connectivity index (χ3n) is 2.78. The molecule has 0 radical (unpaired) electrons. The minimum absolute atomic E-state index is 0.0753. The second-order valence-corrected chi connectivity index (χ2v) is 4.08. The zero-order valence-corrected chi connectivity index (χ0v) is 9.54. The van der Waals surface area contributed by atoms with Gasteiger partial charge in [0.1, 0.15) is 5.60 Å². The van der Waals surface area contributed by atoms with Gasteiger partial charge in [0.2, 0.25) is 0 Å². The van der Waals surface area contributed by atoms with E-state index in [1.165, 1.54) is 6.42 Å². The molecule has 1 rings (SSSR count). The summed E-state index contributed by atoms with van der Waals surface area (Å²) in [7, 11) is 0. The van der Waals surface area contributed by atoms with E-state index in [0.717, 1.165) is 13.0 Å². The van der Waals surface area contributed by atoms with Crippen molar-refractivity contribution in [2.45, 2.75) is 45.3 Å². The highest BCUT2D eigenvalue weighted by atomic mass is 16.6. The summed E-state index contributed by atoms with van der Waals surface area (Å²) in [5.41, 5.74) is -0.0753. The van der Waals surface area contributed by atoms with Crippen LogP contribution in [-0.2, 0) is 14.2 Å². The van der Waals surface area contributed by atoms with E-state index in [4.69, 9.17) is 14.2 Å². The van der Waals surface area contributed by atoms with Crippen molar-refractivity contribution in [3.8, 4) is 0 Å². The van der Waals surface area contributed by atoms with Gasteiger partial charge in [-0.15, -0.1) is 0 Å². The summed E-state index contributed by atoms with van der Waals surface area (Å²) in [5.74, 6) is 0. The molecule has 0 aromatic carbocycles. The van der Waals surface area contributed by atoms with Crippen LogP contribution in [0.1, 0.15) is 33.6 Å². The van der Waals surface area contributed by atoms with Crippen molar-refractivity contribution >= 4 is 0 Å². The summed E-state index contributed by atoms with van der Waals surface area (Å²) < 4.78 is 16.4. The highest BCUT2D eigenvalue weighted by Gasteiger charge is 2.42. The fourth-order valence-corrected chi connectivity index (χ4v) is 1.33. The molecule has 3 nitrogen and oxygen atoms in total. The van der Waals surface area contributed by atoms with Gasteiger partial charge in [-0.2, -0.15) is 0 Å². The molecule has 1 heterocycles. The molecule has 0 N–H and O–H groups in total. The van der Waals surface area contributed by atoms with E-state index in [9.17, 15) is 0 Å². The molecule has 2 unspecified atom stereocenters. The zero-order valence-electron chi connectivity index (χ0n) is 9.54. The first kappa shape index (κ1) is 12.0. The molecule has 1 aliphatic heterocycles. The SMILES string of the molecule is CCCCOCCOC1(C)COC1C. The Morgan fingerprint density at radius 1 is 1.36 bits per heavy atom. The second-order valence-electron chi connectivity index (χ2n) is 4.08. The van der Waals surface area contributed by atoms with Gasteiger partial charge in [0.05, 0.1) is 25.9 Å². The highest BCUT2D eigenvalue weighted by Crippen LogP contribution is 2.28. The molecule has 3 heteroatoms. The van der Waals surface area contributed by atoms with Crippen molar-refractivity contribution in [3.63, 3.8) is 0 Å². The first-order valence-corrected chi connectivity index (χ1v) is 5.52. The largest absolute Gasteiger partial charge is 0.379 e. The lowest BCUT2D eigenvalue weighted by molar-refractivity contribution is -0.248. The van der Waals surface area contributed by atoms with Gasteiger partial charge in [-0.3, -0.25) is 0 Å². The lowest BCUT2D eigenvalue weighted by Crippen LogP contribution is -2.56. The van der Waals surface area contributed by atoms with E-state index < -0.39 is 0 Å². The Balaban J connectivity index is 1.93. The number of ether oxygens (including phenoxy) is 3. The number of hydrogen-bond acceptors (Lipinski definition) is 3. The number of hydrogen-bond donors (Lipinski definition) is 0. The van der Waals surface area contributed by atoms with Crippen molar-refractivity contribution in [2.75, 3.05) is 26.4 Å². The Kier molecular flexibility index (Phi) is 4.85. The summed E-state index contributed by atoms with van der Waals surface area (Å²) in [5, 5.41) is 0. The lowest BCUT2D eigenvalue weighted by Gasteiger charge is -2.44. The Labute approximate surface area is 86.7 Å². The smallest absolute Gasteiger partial charge is 0.114 e. The van der Waals surface area contributed by atoms with Gasteiger partial charge in [0.25, 0.3) is 0 Å². The maximum absolute atomic E-state index is 5.71. The summed E-state index contributed by atoms with van der Waals surface area (Å²) in [6.45, 7) is 9.23. The Morgan fingerprint density at radius 2 is 2.14 bits per heavy atom. The van der Waals surface area contributed by atoms with Gasteiger partial charge in [-0.05, 0) is 20.3 Å². The molecule has 2 atom stereocenters. The Morgan fingerprint density at radius 3 is 2.64 bits per heavy atom. The van der Waals surface area contributed by atoms with Crippen molar-refractivity contribution in [3.05, 3.63) is 0 Å². The predicted octanol–water partition coefficient (Wildman–Crippen LogP) is 2.00. The Hall–Kier alpha value is -0.120. The first-order chi connectivity index (χ1) is 6.69. The molecule has 0 aromatic heterocycles. The predicted molar refractivity (Wildman–Crippen MR) is 55.5 cm³/mol. The van der Waals surface area contributed by atoms with Crippen LogP contribution in [0.2, 0.25) is 0 Å². The van der Waals surface area contributed by atoms with Crippen LogP contribution >= 0.6 is 0 Å². The number of rotatable bonds is 7. The molecule has 14 heavy (non-hydrogen) atoms. The van der Waals surface area contributed by atoms with E-state index >= 15 is 0 Å². The topological polar surface area (TPSA) is 27.7 Å². The maximum atomic E-state index is 5.71. The van der Waals surface area contributed by atoms with E-state index in [-0.39, 0.29) is 11.7 Å². The van der Waals surface area contributed by atoms with Crippen LogP contribution in [0, 0.1) is 0 Å².